The van der Waals surface area contributed by atoms with E-state index in [1.807, 2.05) is 24.9 Å². The van der Waals surface area contributed by atoms with Crippen LogP contribution in [0.5, 0.6) is 0 Å². The van der Waals surface area contributed by atoms with Crippen molar-refractivity contribution in [1.29, 1.82) is 5.26 Å². The summed E-state index contributed by atoms with van der Waals surface area (Å²) in [5.74, 6) is 0.724. The number of sulfonamides is 1. The van der Waals surface area contributed by atoms with Gasteiger partial charge in [0.1, 0.15) is 11.9 Å². The Kier molecular flexibility index (Phi) is 4.45. The number of nitriles is 1. The van der Waals surface area contributed by atoms with Crippen LogP contribution in [0.2, 0.25) is 0 Å². The number of nitrogens with zero attached hydrogens (tertiary/aromatic N) is 3. The zero-order chi connectivity index (χ0) is 16.3. The van der Waals surface area contributed by atoms with Crippen molar-refractivity contribution in [2.75, 3.05) is 11.9 Å². The minimum Gasteiger partial charge on any atom is -0.353 e. The number of primary sulfonamides is 1. The molecule has 22 heavy (non-hydrogen) atoms. The molecule has 0 aliphatic heterocycles. The SMILES string of the molecule is CC(c1ccc(S(N)(=O)=O)cc1)N(C)c1ccc(C#N)cn1. The predicted octanol–water partition coefficient (Wildman–Crippen LogP) is 1.80. The van der Waals surface area contributed by atoms with Crippen molar-refractivity contribution < 1.29 is 8.42 Å². The lowest BCUT2D eigenvalue weighted by molar-refractivity contribution is 0.597. The molecule has 0 saturated carbocycles. The standard InChI is InChI=1S/C15H16N4O2S/c1-11(13-4-6-14(7-5-13)22(17,20)21)19(2)15-8-3-12(9-16)10-18-15/h3-8,10-11H,1-2H3,(H2,17,20,21). The van der Waals surface area contributed by atoms with Crippen molar-refractivity contribution in [2.45, 2.75) is 17.9 Å². The van der Waals surface area contributed by atoms with E-state index in [0.29, 0.717) is 5.56 Å². The smallest absolute Gasteiger partial charge is 0.238 e. The van der Waals surface area contributed by atoms with Crippen molar-refractivity contribution in [1.82, 2.24) is 4.98 Å². The Morgan fingerprint density at radius 2 is 1.86 bits per heavy atom. The van der Waals surface area contributed by atoms with Gasteiger partial charge in [-0.25, -0.2) is 18.5 Å². The van der Waals surface area contributed by atoms with E-state index in [1.54, 1.807) is 24.3 Å². The maximum atomic E-state index is 11.3. The van der Waals surface area contributed by atoms with Gasteiger partial charge >= 0.3 is 0 Å². The van der Waals surface area contributed by atoms with Crippen LogP contribution in [0, 0.1) is 11.3 Å². The molecule has 1 heterocycles. The highest BCUT2D eigenvalue weighted by molar-refractivity contribution is 7.89. The molecule has 1 atom stereocenters. The van der Waals surface area contributed by atoms with Crippen molar-refractivity contribution in [2.24, 2.45) is 5.14 Å². The van der Waals surface area contributed by atoms with E-state index in [4.69, 9.17) is 10.4 Å². The molecule has 0 fully saturated rings. The van der Waals surface area contributed by atoms with E-state index in [9.17, 15) is 8.42 Å². The van der Waals surface area contributed by atoms with Gasteiger partial charge in [-0.1, -0.05) is 12.1 Å². The maximum Gasteiger partial charge on any atom is 0.238 e. The topological polar surface area (TPSA) is 100 Å². The van der Waals surface area contributed by atoms with Crippen LogP contribution in [0.25, 0.3) is 0 Å². The van der Waals surface area contributed by atoms with Crippen LogP contribution in [0.3, 0.4) is 0 Å². The van der Waals surface area contributed by atoms with Gasteiger partial charge < -0.3 is 4.90 Å². The van der Waals surface area contributed by atoms with E-state index >= 15 is 0 Å². The quantitative estimate of drug-likeness (QED) is 0.927. The molecule has 0 aliphatic carbocycles. The van der Waals surface area contributed by atoms with Crippen LogP contribution >= 0.6 is 0 Å². The second kappa shape index (κ2) is 6.13. The Labute approximate surface area is 129 Å². The summed E-state index contributed by atoms with van der Waals surface area (Å²) in [4.78, 5) is 6.26. The molecule has 114 valence electrons. The number of benzene rings is 1. The van der Waals surface area contributed by atoms with Gasteiger partial charge in [-0.05, 0) is 36.8 Å². The van der Waals surface area contributed by atoms with Crippen LogP contribution in [0.4, 0.5) is 5.82 Å². The Bertz CT molecular complexity index is 793. The van der Waals surface area contributed by atoms with Crippen LogP contribution < -0.4 is 10.0 Å². The third kappa shape index (κ3) is 3.42. The van der Waals surface area contributed by atoms with E-state index in [0.717, 1.165) is 11.4 Å². The van der Waals surface area contributed by atoms with E-state index < -0.39 is 10.0 Å². The van der Waals surface area contributed by atoms with Gasteiger partial charge in [0, 0.05) is 13.2 Å². The summed E-state index contributed by atoms with van der Waals surface area (Å²) in [5.41, 5.74) is 1.43. The molecule has 7 heteroatoms. The fraction of sp³-hybridized carbons (Fsp3) is 0.200. The van der Waals surface area contributed by atoms with Gasteiger partial charge in [-0.15, -0.1) is 0 Å². The molecule has 0 spiro atoms. The lowest BCUT2D eigenvalue weighted by Gasteiger charge is -2.26. The summed E-state index contributed by atoms with van der Waals surface area (Å²) in [7, 11) is -1.80. The molecule has 0 aliphatic rings. The molecule has 1 aromatic heterocycles. The molecule has 1 aromatic carbocycles. The molecule has 0 radical (unpaired) electrons. The van der Waals surface area contributed by atoms with Crippen molar-refractivity contribution >= 4 is 15.8 Å². The highest BCUT2D eigenvalue weighted by Gasteiger charge is 2.15. The third-order valence-corrected chi connectivity index (χ3v) is 4.44. The maximum absolute atomic E-state index is 11.3. The first kappa shape index (κ1) is 15.9. The van der Waals surface area contributed by atoms with Crippen LogP contribution in [-0.2, 0) is 10.0 Å². The van der Waals surface area contributed by atoms with Crippen molar-refractivity contribution in [3.8, 4) is 6.07 Å². The van der Waals surface area contributed by atoms with Gasteiger partial charge in [-0.2, -0.15) is 5.26 Å². The molecule has 2 rings (SSSR count). The van der Waals surface area contributed by atoms with Gasteiger partial charge in [0.2, 0.25) is 10.0 Å². The molecule has 2 aromatic rings. The zero-order valence-electron chi connectivity index (χ0n) is 12.3. The summed E-state index contributed by atoms with van der Waals surface area (Å²) >= 11 is 0. The Hall–Kier alpha value is -2.43. The fourth-order valence-electron chi connectivity index (χ4n) is 2.02. The fourth-order valence-corrected chi connectivity index (χ4v) is 2.53. The van der Waals surface area contributed by atoms with Gasteiger partial charge in [0.25, 0.3) is 0 Å². The number of hydrogen-bond acceptors (Lipinski definition) is 5. The van der Waals surface area contributed by atoms with E-state index in [1.165, 1.54) is 18.3 Å². The van der Waals surface area contributed by atoms with E-state index in [2.05, 4.69) is 4.98 Å². The Balaban J connectivity index is 2.23. The summed E-state index contributed by atoms with van der Waals surface area (Å²) in [6.07, 6.45) is 1.52. The summed E-state index contributed by atoms with van der Waals surface area (Å²) < 4.78 is 22.5. The van der Waals surface area contributed by atoms with E-state index in [-0.39, 0.29) is 10.9 Å². The minimum atomic E-state index is -3.68. The molecule has 1 unspecified atom stereocenters. The molecule has 2 N–H and O–H groups in total. The number of anilines is 1. The molecular formula is C15H16N4O2S. The number of rotatable bonds is 4. The van der Waals surface area contributed by atoms with Gasteiger partial charge in [0.05, 0.1) is 16.5 Å². The molecule has 0 amide bonds. The molecule has 0 saturated heterocycles. The number of hydrogen-bond donors (Lipinski definition) is 1. The largest absolute Gasteiger partial charge is 0.353 e. The Morgan fingerprint density at radius 1 is 1.23 bits per heavy atom. The lowest BCUT2D eigenvalue weighted by Crippen LogP contribution is -2.22. The monoisotopic (exact) mass is 316 g/mol. The van der Waals surface area contributed by atoms with Crippen molar-refractivity contribution in [3.63, 3.8) is 0 Å². The first-order valence-electron chi connectivity index (χ1n) is 6.54. The first-order valence-corrected chi connectivity index (χ1v) is 8.09. The summed E-state index contributed by atoms with van der Waals surface area (Å²) in [5, 5.41) is 13.9. The minimum absolute atomic E-state index is 0.0186. The number of pyridine rings is 1. The number of aromatic nitrogens is 1. The van der Waals surface area contributed by atoms with Crippen LogP contribution in [-0.4, -0.2) is 20.4 Å². The number of nitrogens with two attached hydrogens (primary N) is 1. The average Bonchev–Trinajstić information content (AvgIpc) is 2.53. The third-order valence-electron chi connectivity index (χ3n) is 3.51. The first-order chi connectivity index (χ1) is 10.3. The normalized spacial score (nSPS) is 12.5. The van der Waals surface area contributed by atoms with Crippen molar-refractivity contribution in [3.05, 3.63) is 53.7 Å². The zero-order valence-corrected chi connectivity index (χ0v) is 13.1. The molecular weight excluding hydrogens is 300 g/mol. The lowest BCUT2D eigenvalue weighted by atomic mass is 10.1. The predicted molar refractivity (Wildman–Crippen MR) is 83.6 cm³/mol. The Morgan fingerprint density at radius 3 is 2.32 bits per heavy atom. The average molecular weight is 316 g/mol. The van der Waals surface area contributed by atoms with Gasteiger partial charge in [-0.3, -0.25) is 0 Å². The summed E-state index contributed by atoms with van der Waals surface area (Å²) in [6, 6.07) is 11.9. The molecule has 0 bridgehead atoms. The highest BCUT2D eigenvalue weighted by Crippen LogP contribution is 2.24. The second-order valence-electron chi connectivity index (χ2n) is 4.92. The second-order valence-corrected chi connectivity index (χ2v) is 6.48. The van der Waals surface area contributed by atoms with Gasteiger partial charge in [0.15, 0.2) is 0 Å². The molecule has 6 nitrogen and oxygen atoms in total. The summed E-state index contributed by atoms with van der Waals surface area (Å²) in [6.45, 7) is 1.98. The van der Waals surface area contributed by atoms with Crippen LogP contribution in [0.1, 0.15) is 24.1 Å². The highest BCUT2D eigenvalue weighted by atomic mass is 32.2. The van der Waals surface area contributed by atoms with Crippen LogP contribution in [0.15, 0.2) is 47.5 Å².